The molecule has 0 saturated carbocycles. The fraction of sp³-hybridized carbons (Fsp3) is 0.571. The molecule has 0 amide bonds. The van der Waals surface area contributed by atoms with Crippen molar-refractivity contribution in [2.45, 2.75) is 25.7 Å². The molecule has 0 spiro atoms. The lowest BCUT2D eigenvalue weighted by atomic mass is 9.90. The maximum atomic E-state index is 3.79. The summed E-state index contributed by atoms with van der Waals surface area (Å²) in [5, 5.41) is 0. The second-order valence-corrected chi connectivity index (χ2v) is 4.94. The van der Waals surface area contributed by atoms with Crippen LogP contribution >= 0.6 is 12.6 Å². The average Bonchev–Trinajstić information content (AvgIpc) is 2.32. The predicted molar refractivity (Wildman–Crippen MR) is 75.4 cm³/mol. The summed E-state index contributed by atoms with van der Waals surface area (Å²) in [5.74, 6) is 1.75. The Morgan fingerprint density at radius 2 is 1.69 bits per heavy atom. The van der Waals surface area contributed by atoms with Gasteiger partial charge < -0.3 is 4.90 Å². The molecule has 1 aliphatic rings. The number of hydrogen-bond donors (Lipinski definition) is 1. The maximum Gasteiger partial charge on any atom is -0.00159 e. The van der Waals surface area contributed by atoms with Crippen molar-refractivity contribution < 1.29 is 0 Å². The molecule has 0 atom stereocenters. The predicted octanol–water partition coefficient (Wildman–Crippen LogP) is 3.43. The van der Waals surface area contributed by atoms with Crippen LogP contribution in [0.15, 0.2) is 30.3 Å². The second kappa shape index (κ2) is 7.75. The summed E-state index contributed by atoms with van der Waals surface area (Å²) in [7, 11) is 2.21. The topological polar surface area (TPSA) is 3.24 Å². The van der Waals surface area contributed by atoms with Crippen molar-refractivity contribution in [2.75, 3.05) is 25.9 Å². The summed E-state index contributed by atoms with van der Waals surface area (Å²) in [6.07, 6.45) is 2.64. The third kappa shape index (κ3) is 4.58. The Morgan fingerprint density at radius 1 is 1.19 bits per heavy atom. The number of benzene rings is 1. The normalized spacial score (nSPS) is 17.7. The van der Waals surface area contributed by atoms with E-state index < -0.39 is 0 Å². The van der Waals surface area contributed by atoms with Crippen molar-refractivity contribution in [3.05, 3.63) is 35.9 Å². The summed E-state index contributed by atoms with van der Waals surface area (Å²) in [6.45, 7) is 4.49. The monoisotopic (exact) mass is 237 g/mol. The van der Waals surface area contributed by atoms with Gasteiger partial charge in [-0.1, -0.05) is 37.3 Å². The summed E-state index contributed by atoms with van der Waals surface area (Å²) < 4.78 is 0. The maximum absolute atomic E-state index is 3.79. The molecule has 1 fully saturated rings. The molecule has 0 aromatic heterocycles. The summed E-state index contributed by atoms with van der Waals surface area (Å²) in [5.41, 5.74) is 1.52. The molecule has 0 N–H and O–H groups in total. The molecule has 16 heavy (non-hydrogen) atoms. The Morgan fingerprint density at radius 3 is 2.19 bits per heavy atom. The standard InChI is InChI=1S/C12H17N.C2H6S/c1-13-9-7-12(8-10-13)11-5-3-2-4-6-11;1-2-3/h2-6,12H,7-10H2,1H3;3H,2H2,1H3. The van der Waals surface area contributed by atoms with Gasteiger partial charge in [0.2, 0.25) is 0 Å². The van der Waals surface area contributed by atoms with Crippen molar-refractivity contribution in [1.82, 2.24) is 4.90 Å². The van der Waals surface area contributed by atoms with E-state index >= 15 is 0 Å². The van der Waals surface area contributed by atoms with E-state index in [1.165, 1.54) is 31.5 Å². The molecule has 1 aromatic carbocycles. The third-order valence-corrected chi connectivity index (χ3v) is 2.99. The Labute approximate surface area is 105 Å². The number of likely N-dealkylation sites (tertiary alicyclic amines) is 1. The zero-order chi connectivity index (χ0) is 11.8. The van der Waals surface area contributed by atoms with E-state index in [4.69, 9.17) is 0 Å². The first-order valence-electron chi connectivity index (χ1n) is 6.12. The highest BCUT2D eigenvalue weighted by Crippen LogP contribution is 2.26. The first kappa shape index (κ1) is 13.6. The SMILES string of the molecule is CCS.CN1CCC(c2ccccc2)CC1. The third-order valence-electron chi connectivity index (χ3n) is 2.99. The van der Waals surface area contributed by atoms with Crippen LogP contribution < -0.4 is 0 Å². The van der Waals surface area contributed by atoms with Gasteiger partial charge in [0.15, 0.2) is 0 Å². The second-order valence-electron chi connectivity index (χ2n) is 4.30. The van der Waals surface area contributed by atoms with Crippen molar-refractivity contribution in [3.8, 4) is 0 Å². The van der Waals surface area contributed by atoms with Crippen LogP contribution in [-0.4, -0.2) is 30.8 Å². The van der Waals surface area contributed by atoms with E-state index in [9.17, 15) is 0 Å². The van der Waals surface area contributed by atoms with E-state index in [2.05, 4.69) is 54.9 Å². The van der Waals surface area contributed by atoms with Gasteiger partial charge >= 0.3 is 0 Å². The zero-order valence-electron chi connectivity index (χ0n) is 10.4. The van der Waals surface area contributed by atoms with Crippen molar-refractivity contribution in [1.29, 1.82) is 0 Å². The molecule has 90 valence electrons. The molecule has 1 aliphatic heterocycles. The number of hydrogen-bond acceptors (Lipinski definition) is 2. The molecule has 1 heterocycles. The van der Waals surface area contributed by atoms with Gasteiger partial charge in [0.25, 0.3) is 0 Å². The smallest absolute Gasteiger partial charge is 0.00159 e. The van der Waals surface area contributed by atoms with Crippen molar-refractivity contribution in [3.63, 3.8) is 0 Å². The van der Waals surface area contributed by atoms with Crippen LogP contribution in [0, 0.1) is 0 Å². The van der Waals surface area contributed by atoms with Crippen LogP contribution in [0.2, 0.25) is 0 Å². The van der Waals surface area contributed by atoms with Gasteiger partial charge in [-0.15, -0.1) is 0 Å². The minimum Gasteiger partial charge on any atom is -0.306 e. The molecule has 1 nitrogen and oxygen atoms in total. The van der Waals surface area contributed by atoms with Crippen LogP contribution in [-0.2, 0) is 0 Å². The first-order chi connectivity index (χ1) is 7.77. The van der Waals surface area contributed by atoms with E-state index in [1.807, 2.05) is 6.92 Å². The molecule has 2 rings (SSSR count). The number of piperidine rings is 1. The van der Waals surface area contributed by atoms with Crippen LogP contribution in [0.1, 0.15) is 31.2 Å². The van der Waals surface area contributed by atoms with Crippen molar-refractivity contribution >= 4 is 12.6 Å². The molecular weight excluding hydrogens is 214 g/mol. The molecule has 0 bridgehead atoms. The highest BCUT2D eigenvalue weighted by atomic mass is 32.1. The molecule has 2 heteroatoms. The van der Waals surface area contributed by atoms with Crippen LogP contribution in [0.4, 0.5) is 0 Å². The van der Waals surface area contributed by atoms with Gasteiger partial charge in [-0.05, 0) is 50.2 Å². The number of nitrogens with zero attached hydrogens (tertiary/aromatic N) is 1. The zero-order valence-corrected chi connectivity index (χ0v) is 11.3. The van der Waals surface area contributed by atoms with E-state index in [0.717, 1.165) is 11.7 Å². The highest BCUT2D eigenvalue weighted by Gasteiger charge is 2.17. The van der Waals surface area contributed by atoms with Crippen LogP contribution in [0.3, 0.4) is 0 Å². The minimum absolute atomic E-state index is 0.803. The summed E-state index contributed by atoms with van der Waals surface area (Å²) >= 11 is 3.79. The summed E-state index contributed by atoms with van der Waals surface area (Å²) in [4.78, 5) is 2.42. The molecule has 1 aromatic rings. The lowest BCUT2D eigenvalue weighted by molar-refractivity contribution is 0.255. The van der Waals surface area contributed by atoms with Crippen LogP contribution in [0.5, 0.6) is 0 Å². The van der Waals surface area contributed by atoms with Gasteiger partial charge in [-0.3, -0.25) is 0 Å². The Balaban J connectivity index is 0.000000386. The Hall–Kier alpha value is -0.470. The largest absolute Gasteiger partial charge is 0.306 e. The molecule has 0 aliphatic carbocycles. The van der Waals surface area contributed by atoms with E-state index in [1.54, 1.807) is 0 Å². The molecule has 0 radical (unpaired) electrons. The van der Waals surface area contributed by atoms with Gasteiger partial charge in [-0.25, -0.2) is 0 Å². The number of thiol groups is 1. The average molecular weight is 237 g/mol. The molecule has 0 unspecified atom stereocenters. The van der Waals surface area contributed by atoms with E-state index in [-0.39, 0.29) is 0 Å². The van der Waals surface area contributed by atoms with Gasteiger partial charge in [-0.2, -0.15) is 12.6 Å². The van der Waals surface area contributed by atoms with Gasteiger partial charge in [0.1, 0.15) is 0 Å². The van der Waals surface area contributed by atoms with Crippen molar-refractivity contribution in [2.24, 2.45) is 0 Å². The molecule has 1 saturated heterocycles. The highest BCUT2D eigenvalue weighted by molar-refractivity contribution is 7.80. The lowest BCUT2D eigenvalue weighted by Crippen LogP contribution is -2.29. The summed E-state index contributed by atoms with van der Waals surface area (Å²) in [6, 6.07) is 10.9. The number of rotatable bonds is 1. The van der Waals surface area contributed by atoms with Crippen LogP contribution in [0.25, 0.3) is 0 Å². The molecular formula is C14H23NS. The fourth-order valence-electron chi connectivity index (χ4n) is 2.07. The van der Waals surface area contributed by atoms with Gasteiger partial charge in [0, 0.05) is 0 Å². The Kier molecular flexibility index (Phi) is 6.58. The lowest BCUT2D eigenvalue weighted by Gasteiger charge is -2.29. The minimum atomic E-state index is 0.803. The van der Waals surface area contributed by atoms with E-state index in [0.29, 0.717) is 0 Å². The quantitative estimate of drug-likeness (QED) is 0.732. The Bertz CT molecular complexity index is 265. The first-order valence-corrected chi connectivity index (χ1v) is 6.75. The fourth-order valence-corrected chi connectivity index (χ4v) is 2.07. The van der Waals surface area contributed by atoms with Gasteiger partial charge in [0.05, 0.1) is 0 Å².